The number of hydrogen-bond donors (Lipinski definition) is 2. The molecule has 1 heterocycles. The Morgan fingerprint density at radius 1 is 1.32 bits per heavy atom. The molecule has 0 amide bonds. The second-order valence-electron chi connectivity index (χ2n) is 7.41. The summed E-state index contributed by atoms with van der Waals surface area (Å²) in [6.45, 7) is 3.93. The molecule has 2 atom stereocenters. The first-order valence-electron chi connectivity index (χ1n) is 8.33. The molecule has 2 aliphatic carbocycles. The number of carbonyl (C=O) groups is 1. The van der Waals surface area contributed by atoms with E-state index in [1.165, 1.54) is 0 Å². The van der Waals surface area contributed by atoms with E-state index in [9.17, 15) is 15.0 Å². The van der Waals surface area contributed by atoms with Gasteiger partial charge in [0.1, 0.15) is 5.82 Å². The van der Waals surface area contributed by atoms with Crippen molar-refractivity contribution in [2.45, 2.75) is 57.1 Å². The summed E-state index contributed by atoms with van der Waals surface area (Å²) in [6.07, 6.45) is 1.71. The number of nitrogens with zero attached hydrogens (tertiary/aromatic N) is 4. The van der Waals surface area contributed by atoms with Crippen molar-refractivity contribution >= 4 is 17.9 Å². The van der Waals surface area contributed by atoms with Crippen LogP contribution in [0, 0.1) is 5.41 Å². The van der Waals surface area contributed by atoms with Gasteiger partial charge in [0.25, 0.3) is 0 Å². The molecule has 25 heavy (non-hydrogen) atoms. The number of carboxylic acid groups (broad SMARTS) is 1. The van der Waals surface area contributed by atoms with E-state index in [1.807, 2.05) is 27.9 Å². The molecule has 8 nitrogen and oxygen atoms in total. The molecule has 9 heteroatoms. The van der Waals surface area contributed by atoms with Crippen molar-refractivity contribution in [3.8, 4) is 0 Å². The number of aliphatic hydroxyl groups is 1. The summed E-state index contributed by atoms with van der Waals surface area (Å²) in [6, 6.07) is 0. The summed E-state index contributed by atoms with van der Waals surface area (Å²) in [5.41, 5.74) is -1.99. The van der Waals surface area contributed by atoms with Crippen molar-refractivity contribution in [2.24, 2.45) is 5.41 Å². The van der Waals surface area contributed by atoms with Crippen LogP contribution < -0.4 is 66.7 Å². The third kappa shape index (κ3) is 3.23. The van der Waals surface area contributed by atoms with Gasteiger partial charge in [0, 0.05) is 31.8 Å². The van der Waals surface area contributed by atoms with Gasteiger partial charge in [-0.25, -0.2) is 0 Å². The SMILES string of the molecule is CC(C)c1nc(N[C@]2(C(=O)[O-])C[C@@H](O)C23CCC3)nc(N(C)C)n1.[K+]. The van der Waals surface area contributed by atoms with E-state index in [-0.39, 0.29) is 69.7 Å². The number of aliphatic carboxylic acids is 1. The molecule has 1 aromatic heterocycles. The van der Waals surface area contributed by atoms with E-state index in [1.54, 1.807) is 4.90 Å². The van der Waals surface area contributed by atoms with Crippen LogP contribution in [0.4, 0.5) is 11.9 Å². The Balaban J connectivity index is 0.00000225. The maximum absolute atomic E-state index is 11.9. The van der Waals surface area contributed by atoms with Crippen LogP contribution in [0.5, 0.6) is 0 Å². The van der Waals surface area contributed by atoms with E-state index >= 15 is 0 Å². The predicted octanol–water partition coefficient (Wildman–Crippen LogP) is -3.10. The van der Waals surface area contributed by atoms with E-state index in [0.29, 0.717) is 24.6 Å². The molecule has 2 saturated carbocycles. The van der Waals surface area contributed by atoms with Crippen molar-refractivity contribution in [1.82, 2.24) is 15.0 Å². The van der Waals surface area contributed by atoms with E-state index in [0.717, 1.165) is 6.42 Å². The van der Waals surface area contributed by atoms with Crippen LogP contribution in [0.2, 0.25) is 0 Å². The monoisotopic (exact) mass is 373 g/mol. The number of hydrogen-bond acceptors (Lipinski definition) is 8. The molecule has 2 aliphatic rings. The molecule has 1 aromatic rings. The van der Waals surface area contributed by atoms with E-state index < -0.39 is 23.0 Å². The van der Waals surface area contributed by atoms with Crippen molar-refractivity contribution in [3.05, 3.63) is 5.82 Å². The van der Waals surface area contributed by atoms with Gasteiger partial charge in [-0.1, -0.05) is 20.3 Å². The third-order valence-corrected chi connectivity index (χ3v) is 5.46. The Kier molecular flexibility index (Phi) is 6.18. The fourth-order valence-electron chi connectivity index (χ4n) is 3.76. The zero-order valence-electron chi connectivity index (χ0n) is 15.5. The number of rotatable bonds is 5. The number of nitrogens with one attached hydrogen (secondary N) is 1. The Morgan fingerprint density at radius 3 is 2.36 bits per heavy atom. The predicted molar refractivity (Wildman–Crippen MR) is 86.5 cm³/mol. The summed E-state index contributed by atoms with van der Waals surface area (Å²) in [4.78, 5) is 26.8. The summed E-state index contributed by atoms with van der Waals surface area (Å²) in [7, 11) is 3.64. The second-order valence-corrected chi connectivity index (χ2v) is 7.41. The number of anilines is 2. The van der Waals surface area contributed by atoms with Gasteiger partial charge < -0.3 is 25.2 Å². The average Bonchev–Trinajstić information content (AvgIpc) is 2.43. The summed E-state index contributed by atoms with van der Waals surface area (Å²) in [5, 5.41) is 25.1. The molecule has 132 valence electrons. The minimum Gasteiger partial charge on any atom is -0.548 e. The van der Waals surface area contributed by atoms with Gasteiger partial charge >= 0.3 is 51.4 Å². The molecule has 0 bridgehead atoms. The van der Waals surface area contributed by atoms with E-state index in [2.05, 4.69) is 20.3 Å². The van der Waals surface area contributed by atoms with Crippen LogP contribution in [0.25, 0.3) is 0 Å². The van der Waals surface area contributed by atoms with Crippen LogP contribution >= 0.6 is 0 Å². The molecule has 0 unspecified atom stereocenters. The van der Waals surface area contributed by atoms with Gasteiger partial charge in [-0.05, 0) is 12.8 Å². The van der Waals surface area contributed by atoms with Gasteiger partial charge in [-0.2, -0.15) is 15.0 Å². The molecule has 1 spiro atoms. The molecule has 2 fully saturated rings. The average molecular weight is 373 g/mol. The van der Waals surface area contributed by atoms with Gasteiger partial charge in [0.2, 0.25) is 11.9 Å². The first kappa shape index (κ1) is 21.0. The smallest absolute Gasteiger partial charge is 0.548 e. The topological polar surface area (TPSA) is 114 Å². The van der Waals surface area contributed by atoms with Crippen molar-refractivity contribution in [3.63, 3.8) is 0 Å². The maximum Gasteiger partial charge on any atom is 1.00 e. The van der Waals surface area contributed by atoms with Gasteiger partial charge in [0.15, 0.2) is 0 Å². The quantitative estimate of drug-likeness (QED) is 0.522. The maximum atomic E-state index is 11.9. The number of aromatic nitrogens is 3. The fraction of sp³-hybridized carbons (Fsp3) is 0.750. The Labute approximate surface area is 190 Å². The standard InChI is InChI=1S/C16H25N5O3.K/c1-9(2)11-17-13(19-14(18-11)21(3)4)20-16(12(23)24)8-10(22)15(16)6-5-7-15;/h9-10,22H,5-8H2,1-4H3,(H,23,24)(H,17,18,19,20);/q;+1/p-1/t10-,16+;/m1./s1. The minimum absolute atomic E-state index is 0. The molecular formula is C16H24KN5O3. The zero-order chi connectivity index (χ0) is 17.7. The molecular weight excluding hydrogens is 349 g/mol. The normalized spacial score (nSPS) is 26.4. The van der Waals surface area contributed by atoms with Crippen molar-refractivity contribution < 1.29 is 66.4 Å². The fourth-order valence-corrected chi connectivity index (χ4v) is 3.76. The summed E-state index contributed by atoms with van der Waals surface area (Å²) >= 11 is 0. The number of carboxylic acids is 1. The first-order valence-corrected chi connectivity index (χ1v) is 8.33. The summed E-state index contributed by atoms with van der Waals surface area (Å²) < 4.78 is 0. The van der Waals surface area contributed by atoms with Crippen LogP contribution in [-0.4, -0.2) is 51.8 Å². The Hall–Kier alpha value is -0.324. The van der Waals surface area contributed by atoms with Crippen molar-refractivity contribution in [2.75, 3.05) is 24.3 Å². The summed E-state index contributed by atoms with van der Waals surface area (Å²) in [5.74, 6) is 0.153. The number of aliphatic hydroxyl groups excluding tert-OH is 1. The molecule has 0 aromatic carbocycles. The largest absolute Gasteiger partial charge is 1.00 e. The Bertz CT molecular complexity index is 639. The minimum atomic E-state index is -1.32. The van der Waals surface area contributed by atoms with Crippen LogP contribution in [0.15, 0.2) is 0 Å². The van der Waals surface area contributed by atoms with Gasteiger partial charge in [0.05, 0.1) is 17.6 Å². The Morgan fingerprint density at radius 2 is 1.96 bits per heavy atom. The van der Waals surface area contributed by atoms with Gasteiger partial charge in [-0.15, -0.1) is 0 Å². The number of carbonyl (C=O) groups excluding carboxylic acids is 1. The third-order valence-electron chi connectivity index (χ3n) is 5.46. The van der Waals surface area contributed by atoms with Crippen molar-refractivity contribution in [1.29, 1.82) is 0 Å². The molecule has 2 N–H and O–H groups in total. The molecule has 0 aliphatic heterocycles. The first-order chi connectivity index (χ1) is 11.2. The van der Waals surface area contributed by atoms with Gasteiger partial charge in [-0.3, -0.25) is 0 Å². The van der Waals surface area contributed by atoms with E-state index in [4.69, 9.17) is 0 Å². The van der Waals surface area contributed by atoms with Crippen LogP contribution in [0.1, 0.15) is 51.3 Å². The molecule has 0 saturated heterocycles. The second kappa shape index (κ2) is 7.36. The zero-order valence-corrected chi connectivity index (χ0v) is 18.7. The van der Waals surface area contributed by atoms with Crippen LogP contribution in [0.3, 0.4) is 0 Å². The van der Waals surface area contributed by atoms with Crippen LogP contribution in [-0.2, 0) is 4.79 Å². The molecule has 0 radical (unpaired) electrons. The molecule has 3 rings (SSSR count).